The Morgan fingerprint density at radius 1 is 2.14 bits per heavy atom. The van der Waals surface area contributed by atoms with Crippen molar-refractivity contribution in [3.8, 4) is 0 Å². The van der Waals surface area contributed by atoms with Gasteiger partial charge in [0.15, 0.2) is 0 Å². The summed E-state index contributed by atoms with van der Waals surface area (Å²) >= 11 is 0. The first-order chi connectivity index (χ1) is 3.85. The van der Waals surface area contributed by atoms with Gasteiger partial charge in [-0.3, -0.25) is 0 Å². The highest BCUT2D eigenvalue weighted by Gasteiger charge is 1.92. The van der Waals surface area contributed by atoms with Crippen LogP contribution in [0.1, 0.15) is 19.8 Å². The van der Waals surface area contributed by atoms with E-state index in [2.05, 4.69) is 11.7 Å². The first kappa shape index (κ1) is 4.85. The molecular weight excluding hydrogens is 88.1 g/mol. The molecule has 0 bridgehead atoms. The molecule has 0 saturated carbocycles. The molecule has 0 unspecified atom stereocenters. The molecule has 1 atom stereocenters. The van der Waals surface area contributed by atoms with Gasteiger partial charge >= 0.3 is 0 Å². The summed E-state index contributed by atoms with van der Waals surface area (Å²) in [6.45, 7) is 5.52. The second-order valence-corrected chi connectivity index (χ2v) is 1.55. The molecule has 0 fully saturated rings. The maximum absolute atomic E-state index is 6.52. The van der Waals surface area contributed by atoms with Crippen LogP contribution >= 0.6 is 0 Å². The fourth-order valence-corrected chi connectivity index (χ4v) is 0.353. The minimum Gasteiger partial charge on any atom is -0.393 e. The van der Waals surface area contributed by atoms with E-state index in [1.54, 1.807) is 6.08 Å². The van der Waals surface area contributed by atoms with Crippen molar-refractivity contribution in [1.29, 1.82) is 1.43 Å². The maximum atomic E-state index is 6.52. The molecule has 1 nitrogen and oxygen atoms in total. The van der Waals surface area contributed by atoms with Crippen molar-refractivity contribution in [3.63, 3.8) is 0 Å². The van der Waals surface area contributed by atoms with E-state index in [-0.39, 0.29) is 6.10 Å². The van der Waals surface area contributed by atoms with Gasteiger partial charge in [0.25, 0.3) is 0 Å². The summed E-state index contributed by atoms with van der Waals surface area (Å²) in [5, 5.41) is 4.32. The number of rotatable bonds is 4. The van der Waals surface area contributed by atoms with Crippen LogP contribution in [0, 0.1) is 0 Å². The molecule has 0 heterocycles. The van der Waals surface area contributed by atoms with E-state index in [9.17, 15) is 0 Å². The molecule has 0 aliphatic heterocycles. The second-order valence-electron chi connectivity index (χ2n) is 1.55. The van der Waals surface area contributed by atoms with Gasteiger partial charge in [-0.15, -0.1) is 6.58 Å². The predicted octanol–water partition coefficient (Wildman–Crippen LogP) is 1.33. The van der Waals surface area contributed by atoms with Crippen LogP contribution in [0.15, 0.2) is 12.7 Å². The minimum atomic E-state index is 0.0486. The summed E-state index contributed by atoms with van der Waals surface area (Å²) in [6.07, 6.45) is 3.48. The molecular formula is C6H12O. The summed E-state index contributed by atoms with van der Waals surface area (Å²) < 4.78 is 6.52. The molecule has 42 valence electrons. The standard InChI is InChI=1S/C6H12O/c1-3-5-6(7)4-2/h3,6-7H,1,4-5H2,2H3/t6-/m0/s1/i7T. The van der Waals surface area contributed by atoms with Gasteiger partial charge in [-0.1, -0.05) is 13.0 Å². The van der Waals surface area contributed by atoms with Crippen LogP contribution < -0.4 is 0 Å². The van der Waals surface area contributed by atoms with Crippen LogP contribution in [0.2, 0.25) is 0 Å². The molecule has 0 aromatic heterocycles. The molecule has 0 aromatic carbocycles. The van der Waals surface area contributed by atoms with E-state index in [0.717, 1.165) is 12.8 Å². The largest absolute Gasteiger partial charge is 0.393 e. The predicted molar refractivity (Wildman–Crippen MR) is 31.1 cm³/mol. The van der Waals surface area contributed by atoms with E-state index in [1.807, 2.05) is 6.92 Å². The van der Waals surface area contributed by atoms with Gasteiger partial charge in [0.05, 0.1) is 6.10 Å². The lowest BCUT2D eigenvalue weighted by Gasteiger charge is -1.99. The van der Waals surface area contributed by atoms with Crippen LogP contribution in [0.3, 0.4) is 0 Å². The Hall–Kier alpha value is -0.300. The fraction of sp³-hybridized carbons (Fsp3) is 0.667. The number of aliphatic hydroxyl groups is 1. The summed E-state index contributed by atoms with van der Waals surface area (Å²) in [4.78, 5) is 0. The van der Waals surface area contributed by atoms with Gasteiger partial charge in [0, 0.05) is 0 Å². The minimum absolute atomic E-state index is 0.0486. The van der Waals surface area contributed by atoms with Crippen molar-refractivity contribution in [1.82, 2.24) is 0 Å². The van der Waals surface area contributed by atoms with Crippen molar-refractivity contribution >= 4 is 0 Å². The Balaban J connectivity index is 3.20. The molecule has 1 heteroatoms. The molecule has 0 aliphatic carbocycles. The molecule has 1 N–H and O–H groups in total. The second kappa shape index (κ2) is 3.88. The van der Waals surface area contributed by atoms with E-state index < -0.39 is 0 Å². The zero-order valence-corrected chi connectivity index (χ0v) is 4.68. The van der Waals surface area contributed by atoms with Gasteiger partial charge in [-0.25, -0.2) is 0 Å². The van der Waals surface area contributed by atoms with Crippen LogP contribution in [0.4, 0.5) is 0 Å². The third kappa shape index (κ3) is 3.53. The zero-order valence-electron chi connectivity index (χ0n) is 5.68. The van der Waals surface area contributed by atoms with Gasteiger partial charge in [-0.05, 0) is 12.8 Å². The van der Waals surface area contributed by atoms with Crippen molar-refractivity contribution < 1.29 is 5.11 Å². The normalized spacial score (nSPS) is 15.3. The third-order valence-corrected chi connectivity index (χ3v) is 0.885. The Morgan fingerprint density at radius 2 is 2.86 bits per heavy atom. The molecule has 7 heavy (non-hydrogen) atoms. The molecule has 0 amide bonds. The average molecular weight is 102 g/mol. The van der Waals surface area contributed by atoms with Gasteiger partial charge in [0.1, 0.15) is 0 Å². The first-order valence-corrected chi connectivity index (χ1v) is 2.58. The van der Waals surface area contributed by atoms with Crippen molar-refractivity contribution in [2.24, 2.45) is 0 Å². The van der Waals surface area contributed by atoms with Gasteiger partial charge in [-0.2, -0.15) is 0 Å². The maximum Gasteiger partial charge on any atom is 0.210 e. The topological polar surface area (TPSA) is 20.2 Å². The molecule has 0 aromatic rings. The average Bonchev–Trinajstić information content (AvgIpc) is 1.83. The number of hydrogen-bond acceptors (Lipinski definition) is 1. The van der Waals surface area contributed by atoms with E-state index in [4.69, 9.17) is 1.43 Å². The Morgan fingerprint density at radius 3 is 3.00 bits per heavy atom. The lowest BCUT2D eigenvalue weighted by molar-refractivity contribution is 0.174. The smallest absolute Gasteiger partial charge is 0.210 e. The van der Waals surface area contributed by atoms with E-state index in [1.165, 1.54) is 0 Å². The highest BCUT2D eigenvalue weighted by Crippen LogP contribution is 1.94. The quantitative estimate of drug-likeness (QED) is 0.531. The fourth-order valence-electron chi connectivity index (χ4n) is 0.353. The molecule has 0 saturated heterocycles. The number of hydrogen-bond donors (Lipinski definition) is 1. The van der Waals surface area contributed by atoms with Crippen LogP contribution in [-0.2, 0) is 0 Å². The van der Waals surface area contributed by atoms with Crippen molar-refractivity contribution in [2.75, 3.05) is 0 Å². The SMILES string of the molecule is [3H]O[C@@H](CC)CC=C. The van der Waals surface area contributed by atoms with Crippen LogP contribution in [0.25, 0.3) is 0 Å². The van der Waals surface area contributed by atoms with Crippen molar-refractivity contribution in [3.05, 3.63) is 12.7 Å². The monoisotopic (exact) mass is 102 g/mol. The highest BCUT2D eigenvalue weighted by atomic mass is 16.3. The molecule has 0 radical (unpaired) electrons. The third-order valence-electron chi connectivity index (χ3n) is 0.885. The Bertz CT molecular complexity index is 59.5. The first-order valence-electron chi connectivity index (χ1n) is 2.98. The van der Waals surface area contributed by atoms with E-state index >= 15 is 0 Å². The van der Waals surface area contributed by atoms with Gasteiger partial charge in [0.2, 0.25) is 1.43 Å². The summed E-state index contributed by atoms with van der Waals surface area (Å²) in [7, 11) is 0. The molecule has 0 rings (SSSR count). The number of aliphatic hydroxyl groups excluding tert-OH is 1. The van der Waals surface area contributed by atoms with Crippen LogP contribution in [-0.4, -0.2) is 12.6 Å². The summed E-state index contributed by atoms with van der Waals surface area (Å²) in [6, 6.07) is 0. The van der Waals surface area contributed by atoms with Gasteiger partial charge < -0.3 is 5.11 Å². The molecule has 0 spiro atoms. The Kier molecular flexibility index (Phi) is 2.68. The summed E-state index contributed by atoms with van der Waals surface area (Å²) in [5.74, 6) is 0. The summed E-state index contributed by atoms with van der Waals surface area (Å²) in [5.41, 5.74) is 0. The van der Waals surface area contributed by atoms with E-state index in [0.29, 0.717) is 0 Å². The molecule has 0 aliphatic rings. The Labute approximate surface area is 46.2 Å². The zero-order chi connectivity index (χ0) is 6.41. The van der Waals surface area contributed by atoms with Crippen LogP contribution in [0.5, 0.6) is 0 Å². The lowest BCUT2D eigenvalue weighted by atomic mass is 10.2. The van der Waals surface area contributed by atoms with Crippen molar-refractivity contribution in [2.45, 2.75) is 25.9 Å². The highest BCUT2D eigenvalue weighted by molar-refractivity contribution is 4.70. The lowest BCUT2D eigenvalue weighted by Crippen LogP contribution is -2.00.